The van der Waals surface area contributed by atoms with Crippen molar-refractivity contribution in [3.05, 3.63) is 54.1 Å². The van der Waals surface area contributed by atoms with Gasteiger partial charge in [-0.05, 0) is 5.56 Å². The van der Waals surface area contributed by atoms with Crippen molar-refractivity contribution in [1.82, 2.24) is 4.98 Å². The van der Waals surface area contributed by atoms with Crippen LogP contribution in [0.15, 0.2) is 42.7 Å². The standard InChI is InChI=1S/C11H12N2.CH4O4S/c1-13-8-7-12-11(13)9-10-5-3-2-4-6-10;1-5-6(2,3)4/h2-8H,9H2,1H3;1H3,(H,2,3,4). The zero-order chi connectivity index (χ0) is 14.3. The fourth-order valence-corrected chi connectivity index (χ4v) is 1.40. The van der Waals surface area contributed by atoms with E-state index in [0.29, 0.717) is 0 Å². The van der Waals surface area contributed by atoms with E-state index >= 15 is 0 Å². The van der Waals surface area contributed by atoms with Gasteiger partial charge in [-0.1, -0.05) is 30.3 Å². The molecule has 19 heavy (non-hydrogen) atoms. The predicted octanol–water partition coefficient (Wildman–Crippen LogP) is 0.523. The summed E-state index contributed by atoms with van der Waals surface area (Å²) < 4.78 is 33.1. The zero-order valence-electron chi connectivity index (χ0n) is 10.7. The number of benzene rings is 1. The van der Waals surface area contributed by atoms with E-state index in [-0.39, 0.29) is 0 Å². The van der Waals surface area contributed by atoms with Crippen molar-refractivity contribution in [3.8, 4) is 0 Å². The van der Waals surface area contributed by atoms with Crippen molar-refractivity contribution in [1.29, 1.82) is 0 Å². The third-order valence-electron chi connectivity index (χ3n) is 2.39. The molecule has 0 aliphatic carbocycles. The number of aromatic amines is 1. The summed E-state index contributed by atoms with van der Waals surface area (Å²) in [5.41, 5.74) is 1.33. The molecule has 0 aliphatic rings. The topological polar surface area (TPSA) is 86.1 Å². The summed E-state index contributed by atoms with van der Waals surface area (Å²) in [6.45, 7) is 0. The number of hydrogen-bond donors (Lipinski definition) is 1. The molecule has 0 unspecified atom stereocenters. The molecule has 1 N–H and O–H groups in total. The third-order valence-corrected chi connectivity index (χ3v) is 2.80. The summed E-state index contributed by atoms with van der Waals surface area (Å²) >= 11 is 0. The van der Waals surface area contributed by atoms with Crippen LogP contribution in [-0.4, -0.2) is 25.1 Å². The van der Waals surface area contributed by atoms with Crippen LogP contribution >= 0.6 is 0 Å². The monoisotopic (exact) mass is 284 g/mol. The van der Waals surface area contributed by atoms with Gasteiger partial charge in [-0.3, -0.25) is 4.18 Å². The molecule has 1 heterocycles. The van der Waals surface area contributed by atoms with Gasteiger partial charge in [0.1, 0.15) is 12.4 Å². The molecule has 0 saturated heterocycles. The lowest BCUT2D eigenvalue weighted by molar-refractivity contribution is -0.677. The largest absolute Gasteiger partial charge is 0.726 e. The molecule has 1 aromatic heterocycles. The average Bonchev–Trinajstić information content (AvgIpc) is 2.76. The lowest BCUT2D eigenvalue weighted by Gasteiger charge is -1.98. The highest BCUT2D eigenvalue weighted by atomic mass is 32.3. The van der Waals surface area contributed by atoms with Gasteiger partial charge in [-0.2, -0.15) is 0 Å². The van der Waals surface area contributed by atoms with Crippen molar-refractivity contribution < 1.29 is 21.7 Å². The molecule has 0 aliphatic heterocycles. The maximum absolute atomic E-state index is 9.22. The molecule has 2 aromatic rings. The van der Waals surface area contributed by atoms with Gasteiger partial charge in [-0.25, -0.2) is 18.0 Å². The number of H-pyrrole nitrogens is 1. The Morgan fingerprint density at radius 2 is 1.89 bits per heavy atom. The van der Waals surface area contributed by atoms with E-state index in [1.165, 1.54) is 11.4 Å². The first-order valence-electron chi connectivity index (χ1n) is 5.49. The Kier molecular flexibility index (Phi) is 5.68. The van der Waals surface area contributed by atoms with Gasteiger partial charge in [0.05, 0.1) is 20.6 Å². The number of rotatable bonds is 3. The van der Waals surface area contributed by atoms with Gasteiger partial charge in [0, 0.05) is 0 Å². The molecule has 0 saturated carbocycles. The highest BCUT2D eigenvalue weighted by molar-refractivity contribution is 7.80. The molecule has 1 aromatic carbocycles. The van der Waals surface area contributed by atoms with Crippen LogP contribution < -0.4 is 4.57 Å². The van der Waals surface area contributed by atoms with Crippen molar-refractivity contribution in [2.75, 3.05) is 7.11 Å². The van der Waals surface area contributed by atoms with Crippen LogP contribution in [0.3, 0.4) is 0 Å². The van der Waals surface area contributed by atoms with Gasteiger partial charge < -0.3 is 4.55 Å². The van der Waals surface area contributed by atoms with E-state index in [1.54, 1.807) is 0 Å². The second-order valence-electron chi connectivity index (χ2n) is 3.75. The lowest BCUT2D eigenvalue weighted by atomic mass is 10.1. The molecule has 7 heteroatoms. The van der Waals surface area contributed by atoms with Gasteiger partial charge in [0.2, 0.25) is 10.4 Å². The third kappa shape index (κ3) is 6.14. The Morgan fingerprint density at radius 3 is 2.32 bits per heavy atom. The number of hydrogen-bond acceptors (Lipinski definition) is 4. The first-order valence-corrected chi connectivity index (χ1v) is 6.83. The van der Waals surface area contributed by atoms with Crippen molar-refractivity contribution >= 4 is 10.4 Å². The van der Waals surface area contributed by atoms with E-state index in [2.05, 4.69) is 45.0 Å². The van der Waals surface area contributed by atoms with Crippen LogP contribution in [0.25, 0.3) is 0 Å². The molecule has 6 nitrogen and oxygen atoms in total. The van der Waals surface area contributed by atoms with Crippen LogP contribution in [0.2, 0.25) is 0 Å². The van der Waals surface area contributed by atoms with Crippen molar-refractivity contribution in [2.24, 2.45) is 7.05 Å². The summed E-state index contributed by atoms with van der Waals surface area (Å²) in [6, 6.07) is 10.5. The predicted molar refractivity (Wildman–Crippen MR) is 67.9 cm³/mol. The van der Waals surface area contributed by atoms with E-state index in [4.69, 9.17) is 0 Å². The number of nitrogens with one attached hydrogen (secondary N) is 1. The highest BCUT2D eigenvalue weighted by Crippen LogP contribution is 2.02. The Balaban J connectivity index is 0.000000258. The minimum atomic E-state index is -4.41. The Labute approximate surface area is 112 Å². The summed E-state index contributed by atoms with van der Waals surface area (Å²) in [5.74, 6) is 1.23. The van der Waals surface area contributed by atoms with Crippen LogP contribution in [0.1, 0.15) is 11.4 Å². The Bertz CT molecular complexity index is 593. The minimum absolute atomic E-state index is 0.808. The SMILES string of the molecule is COS(=O)(=O)[O-].C[n+]1cc[nH]c1Cc1ccccc1. The summed E-state index contributed by atoms with van der Waals surface area (Å²) in [4.78, 5) is 3.22. The van der Waals surface area contributed by atoms with Crippen molar-refractivity contribution in [2.45, 2.75) is 6.42 Å². The quantitative estimate of drug-likeness (QED) is 0.506. The van der Waals surface area contributed by atoms with Gasteiger partial charge in [-0.15, -0.1) is 0 Å². The van der Waals surface area contributed by atoms with E-state index in [9.17, 15) is 13.0 Å². The maximum Gasteiger partial charge on any atom is 0.258 e. The second-order valence-corrected chi connectivity index (χ2v) is 4.90. The normalized spacial score (nSPS) is 10.7. The zero-order valence-corrected chi connectivity index (χ0v) is 11.6. The summed E-state index contributed by atoms with van der Waals surface area (Å²) in [7, 11) is -1.55. The van der Waals surface area contributed by atoms with E-state index in [1.807, 2.05) is 18.5 Å². The van der Waals surface area contributed by atoms with Gasteiger partial charge in [0.25, 0.3) is 5.82 Å². The summed E-state index contributed by atoms with van der Waals surface area (Å²) in [6.07, 6.45) is 4.95. The number of nitrogens with zero attached hydrogens (tertiary/aromatic N) is 1. The van der Waals surface area contributed by atoms with Crippen LogP contribution in [-0.2, 0) is 28.1 Å². The first-order chi connectivity index (χ1) is 8.92. The molecule has 0 spiro atoms. The molecule has 0 amide bonds. The fourth-order valence-electron chi connectivity index (χ4n) is 1.40. The molecule has 0 radical (unpaired) electrons. The number of imidazole rings is 1. The second kappa shape index (κ2) is 7.03. The molecule has 104 valence electrons. The minimum Gasteiger partial charge on any atom is -0.726 e. The average molecular weight is 284 g/mol. The van der Waals surface area contributed by atoms with Crippen LogP contribution in [0.5, 0.6) is 0 Å². The van der Waals surface area contributed by atoms with Gasteiger partial charge >= 0.3 is 0 Å². The molecular weight excluding hydrogens is 268 g/mol. The van der Waals surface area contributed by atoms with Crippen LogP contribution in [0.4, 0.5) is 0 Å². The first kappa shape index (κ1) is 15.4. The highest BCUT2D eigenvalue weighted by Gasteiger charge is 2.06. The smallest absolute Gasteiger partial charge is 0.258 e. The Hall–Kier alpha value is -1.70. The number of aromatic nitrogens is 2. The molecule has 0 fully saturated rings. The molecule has 0 atom stereocenters. The lowest BCUT2D eigenvalue weighted by Crippen LogP contribution is -2.30. The molecular formula is C12H16N2O4S. The summed E-state index contributed by atoms with van der Waals surface area (Å²) in [5, 5.41) is 0. The number of aryl methyl sites for hydroxylation is 1. The maximum atomic E-state index is 9.22. The molecule has 0 bridgehead atoms. The fraction of sp³-hybridized carbons (Fsp3) is 0.250. The Morgan fingerprint density at radius 1 is 1.32 bits per heavy atom. The molecule has 2 rings (SSSR count). The van der Waals surface area contributed by atoms with Gasteiger partial charge in [0.15, 0.2) is 0 Å². The van der Waals surface area contributed by atoms with E-state index in [0.717, 1.165) is 13.5 Å². The van der Waals surface area contributed by atoms with Crippen molar-refractivity contribution in [3.63, 3.8) is 0 Å². The van der Waals surface area contributed by atoms with E-state index < -0.39 is 10.4 Å². The van der Waals surface area contributed by atoms with Crippen LogP contribution in [0, 0.1) is 0 Å².